The van der Waals surface area contributed by atoms with Gasteiger partial charge < -0.3 is 9.88 Å². The zero-order chi connectivity index (χ0) is 12.3. The standard InChI is InChI=1S/C14H19N3/c1-4-12(3)17-10-11(2)15-14(17)16-13-8-6-5-7-9-13/h5-10,12H,4H2,1-3H3,(H,15,16). The number of benzene rings is 1. The fraction of sp³-hybridized carbons (Fsp3) is 0.357. The van der Waals surface area contributed by atoms with Gasteiger partial charge in [0.1, 0.15) is 0 Å². The van der Waals surface area contributed by atoms with Crippen LogP contribution in [0, 0.1) is 6.92 Å². The summed E-state index contributed by atoms with van der Waals surface area (Å²) in [6.45, 7) is 6.42. The molecule has 1 aromatic carbocycles. The number of rotatable bonds is 4. The van der Waals surface area contributed by atoms with Crippen molar-refractivity contribution in [2.75, 3.05) is 5.32 Å². The zero-order valence-electron chi connectivity index (χ0n) is 10.6. The van der Waals surface area contributed by atoms with Gasteiger partial charge in [-0.05, 0) is 32.4 Å². The van der Waals surface area contributed by atoms with Crippen molar-refractivity contribution in [3.63, 3.8) is 0 Å². The third-order valence-corrected chi connectivity index (χ3v) is 2.95. The second kappa shape index (κ2) is 5.04. The Morgan fingerprint density at radius 3 is 2.65 bits per heavy atom. The van der Waals surface area contributed by atoms with E-state index < -0.39 is 0 Å². The Kier molecular flexibility index (Phi) is 3.47. The van der Waals surface area contributed by atoms with E-state index in [9.17, 15) is 0 Å². The average Bonchev–Trinajstić information content (AvgIpc) is 2.70. The van der Waals surface area contributed by atoms with Crippen molar-refractivity contribution >= 4 is 11.6 Å². The van der Waals surface area contributed by atoms with E-state index in [1.807, 2.05) is 37.3 Å². The first-order valence-electron chi connectivity index (χ1n) is 6.08. The first-order valence-corrected chi connectivity index (χ1v) is 6.08. The molecule has 17 heavy (non-hydrogen) atoms. The van der Waals surface area contributed by atoms with E-state index in [-0.39, 0.29) is 0 Å². The van der Waals surface area contributed by atoms with Crippen LogP contribution in [0.1, 0.15) is 32.0 Å². The Morgan fingerprint density at radius 1 is 1.29 bits per heavy atom. The highest BCUT2D eigenvalue weighted by atomic mass is 15.2. The van der Waals surface area contributed by atoms with Gasteiger partial charge >= 0.3 is 0 Å². The number of hydrogen-bond donors (Lipinski definition) is 1. The SMILES string of the molecule is CCC(C)n1cc(C)nc1Nc1ccccc1. The molecule has 3 heteroatoms. The molecule has 1 aromatic heterocycles. The number of imidazole rings is 1. The molecule has 0 amide bonds. The summed E-state index contributed by atoms with van der Waals surface area (Å²) in [6.07, 6.45) is 3.19. The van der Waals surface area contributed by atoms with Crippen LogP contribution < -0.4 is 5.32 Å². The minimum absolute atomic E-state index is 0.461. The number of nitrogens with one attached hydrogen (secondary N) is 1. The van der Waals surface area contributed by atoms with Gasteiger partial charge in [0.25, 0.3) is 0 Å². The van der Waals surface area contributed by atoms with Crippen LogP contribution in [0.5, 0.6) is 0 Å². The van der Waals surface area contributed by atoms with Crippen molar-refractivity contribution in [1.29, 1.82) is 0 Å². The molecule has 0 saturated carbocycles. The second-order valence-corrected chi connectivity index (χ2v) is 4.36. The van der Waals surface area contributed by atoms with Gasteiger partial charge in [0.2, 0.25) is 5.95 Å². The van der Waals surface area contributed by atoms with Crippen LogP contribution in [0.25, 0.3) is 0 Å². The van der Waals surface area contributed by atoms with E-state index in [1.165, 1.54) is 0 Å². The highest BCUT2D eigenvalue weighted by Gasteiger charge is 2.10. The quantitative estimate of drug-likeness (QED) is 0.861. The largest absolute Gasteiger partial charge is 0.326 e. The van der Waals surface area contributed by atoms with Crippen LogP contribution in [-0.4, -0.2) is 9.55 Å². The molecule has 90 valence electrons. The first-order chi connectivity index (χ1) is 8.20. The average molecular weight is 229 g/mol. The molecule has 2 rings (SSSR count). The zero-order valence-corrected chi connectivity index (χ0v) is 10.6. The summed E-state index contributed by atoms with van der Waals surface area (Å²) in [5, 5.41) is 3.36. The Balaban J connectivity index is 2.26. The minimum atomic E-state index is 0.461. The number of para-hydroxylation sites is 1. The van der Waals surface area contributed by atoms with Gasteiger partial charge in [-0.3, -0.25) is 0 Å². The van der Waals surface area contributed by atoms with Crippen molar-refractivity contribution in [3.8, 4) is 0 Å². The Bertz CT molecular complexity index is 473. The van der Waals surface area contributed by atoms with Gasteiger partial charge in [0, 0.05) is 17.9 Å². The fourth-order valence-electron chi connectivity index (χ4n) is 1.79. The molecule has 1 atom stereocenters. The third kappa shape index (κ3) is 2.67. The van der Waals surface area contributed by atoms with E-state index in [1.54, 1.807) is 0 Å². The summed E-state index contributed by atoms with van der Waals surface area (Å²) < 4.78 is 2.20. The summed E-state index contributed by atoms with van der Waals surface area (Å²) in [6, 6.07) is 10.6. The lowest BCUT2D eigenvalue weighted by molar-refractivity contribution is 0.536. The Hall–Kier alpha value is -1.77. The van der Waals surface area contributed by atoms with Gasteiger partial charge in [-0.1, -0.05) is 25.1 Å². The molecule has 0 fully saturated rings. The predicted octanol–water partition coefficient (Wildman–Crippen LogP) is 3.91. The van der Waals surface area contributed by atoms with Gasteiger partial charge in [0.15, 0.2) is 0 Å². The topological polar surface area (TPSA) is 29.9 Å². The van der Waals surface area contributed by atoms with E-state index in [2.05, 4.69) is 34.9 Å². The molecule has 3 nitrogen and oxygen atoms in total. The maximum atomic E-state index is 4.53. The van der Waals surface area contributed by atoms with Crippen molar-refractivity contribution < 1.29 is 0 Å². The van der Waals surface area contributed by atoms with Crippen LogP contribution in [0.15, 0.2) is 36.5 Å². The summed E-state index contributed by atoms with van der Waals surface area (Å²) in [5.41, 5.74) is 2.12. The smallest absolute Gasteiger partial charge is 0.207 e. The van der Waals surface area contributed by atoms with Crippen LogP contribution in [0.4, 0.5) is 11.6 Å². The van der Waals surface area contributed by atoms with E-state index >= 15 is 0 Å². The molecule has 0 aliphatic rings. The van der Waals surface area contributed by atoms with Crippen molar-refractivity contribution in [3.05, 3.63) is 42.2 Å². The van der Waals surface area contributed by atoms with Crippen molar-refractivity contribution in [2.24, 2.45) is 0 Å². The van der Waals surface area contributed by atoms with E-state index in [0.29, 0.717) is 6.04 Å². The Labute approximate surface area is 103 Å². The molecule has 0 aliphatic carbocycles. The monoisotopic (exact) mass is 229 g/mol. The van der Waals surface area contributed by atoms with Gasteiger partial charge in [-0.25, -0.2) is 4.98 Å². The molecule has 1 N–H and O–H groups in total. The maximum Gasteiger partial charge on any atom is 0.207 e. The lowest BCUT2D eigenvalue weighted by atomic mass is 10.2. The van der Waals surface area contributed by atoms with Gasteiger partial charge in [-0.2, -0.15) is 0 Å². The van der Waals surface area contributed by atoms with E-state index in [0.717, 1.165) is 23.8 Å². The van der Waals surface area contributed by atoms with Crippen molar-refractivity contribution in [1.82, 2.24) is 9.55 Å². The molecule has 0 aliphatic heterocycles. The fourth-order valence-corrected chi connectivity index (χ4v) is 1.79. The molecule has 0 spiro atoms. The first kappa shape index (κ1) is 11.7. The second-order valence-electron chi connectivity index (χ2n) is 4.36. The number of nitrogens with zero attached hydrogens (tertiary/aromatic N) is 2. The van der Waals surface area contributed by atoms with Gasteiger partial charge in [0.05, 0.1) is 5.69 Å². The summed E-state index contributed by atoms with van der Waals surface area (Å²) >= 11 is 0. The van der Waals surface area contributed by atoms with Crippen LogP contribution >= 0.6 is 0 Å². The molecular weight excluding hydrogens is 210 g/mol. The maximum absolute atomic E-state index is 4.53. The molecule has 0 bridgehead atoms. The van der Waals surface area contributed by atoms with Gasteiger partial charge in [-0.15, -0.1) is 0 Å². The normalized spacial score (nSPS) is 12.4. The van der Waals surface area contributed by atoms with Crippen molar-refractivity contribution in [2.45, 2.75) is 33.2 Å². The summed E-state index contributed by atoms with van der Waals surface area (Å²) in [7, 11) is 0. The lowest BCUT2D eigenvalue weighted by Crippen LogP contribution is -2.07. The minimum Gasteiger partial charge on any atom is -0.326 e. The number of anilines is 2. The highest BCUT2D eigenvalue weighted by Crippen LogP contribution is 2.21. The molecule has 0 saturated heterocycles. The summed E-state index contributed by atoms with van der Waals surface area (Å²) in [5.74, 6) is 0.919. The molecule has 0 radical (unpaired) electrons. The Morgan fingerprint density at radius 2 is 2.00 bits per heavy atom. The van der Waals surface area contributed by atoms with Crippen LogP contribution in [0.3, 0.4) is 0 Å². The van der Waals surface area contributed by atoms with E-state index in [4.69, 9.17) is 0 Å². The number of hydrogen-bond acceptors (Lipinski definition) is 2. The number of aryl methyl sites for hydroxylation is 1. The predicted molar refractivity (Wildman–Crippen MR) is 71.7 cm³/mol. The van der Waals surface area contributed by atoms with Crippen LogP contribution in [-0.2, 0) is 0 Å². The lowest BCUT2D eigenvalue weighted by Gasteiger charge is -2.15. The molecule has 1 unspecified atom stereocenters. The molecular formula is C14H19N3. The van der Waals surface area contributed by atoms with Crippen LogP contribution in [0.2, 0.25) is 0 Å². The molecule has 2 aromatic rings. The highest BCUT2D eigenvalue weighted by molar-refractivity contribution is 5.53. The number of aromatic nitrogens is 2. The summed E-state index contributed by atoms with van der Waals surface area (Å²) in [4.78, 5) is 4.53. The third-order valence-electron chi connectivity index (χ3n) is 2.95. The molecule has 1 heterocycles.